The van der Waals surface area contributed by atoms with Crippen molar-refractivity contribution in [2.24, 2.45) is 0 Å². The molecular formula is C8H9NO4. The van der Waals surface area contributed by atoms with Gasteiger partial charge in [0.05, 0.1) is 6.61 Å². The van der Waals surface area contributed by atoms with Crippen LogP contribution < -0.4 is 0 Å². The van der Waals surface area contributed by atoms with Gasteiger partial charge in [0.15, 0.2) is 12.0 Å². The summed E-state index contributed by atoms with van der Waals surface area (Å²) in [5.74, 6) is -0.288. The fourth-order valence-electron chi connectivity index (χ4n) is 0.921. The average molecular weight is 183 g/mol. The second-order valence-electron chi connectivity index (χ2n) is 2.34. The van der Waals surface area contributed by atoms with Crippen LogP contribution in [0.25, 0.3) is 0 Å². The normalized spacial score (nSPS) is 9.69. The third-order valence-corrected chi connectivity index (χ3v) is 1.48. The highest BCUT2D eigenvalue weighted by Gasteiger charge is 2.20. The number of ether oxygens (including phenoxy) is 1. The largest absolute Gasteiger partial charge is 0.462 e. The Morgan fingerprint density at radius 2 is 2.38 bits per heavy atom. The predicted molar refractivity (Wildman–Crippen MR) is 42.6 cm³/mol. The van der Waals surface area contributed by atoms with Crippen LogP contribution in [-0.2, 0) is 4.74 Å². The van der Waals surface area contributed by atoms with Crippen molar-refractivity contribution in [3.05, 3.63) is 17.0 Å². The van der Waals surface area contributed by atoms with Gasteiger partial charge in [-0.15, -0.1) is 0 Å². The lowest BCUT2D eigenvalue weighted by molar-refractivity contribution is 0.0522. The first kappa shape index (κ1) is 9.44. The minimum atomic E-state index is -0.580. The van der Waals surface area contributed by atoms with Gasteiger partial charge >= 0.3 is 5.97 Å². The maximum Gasteiger partial charge on any atom is 0.344 e. The molecule has 13 heavy (non-hydrogen) atoms. The number of rotatable bonds is 3. The number of aryl methyl sites for hydroxylation is 1. The Balaban J connectivity index is 3.03. The van der Waals surface area contributed by atoms with Crippen molar-refractivity contribution in [3.8, 4) is 0 Å². The lowest BCUT2D eigenvalue weighted by Gasteiger charge is -1.98. The Kier molecular flexibility index (Phi) is 2.79. The summed E-state index contributed by atoms with van der Waals surface area (Å²) in [6.07, 6.45) is 0.461. The Hall–Kier alpha value is -1.65. The van der Waals surface area contributed by atoms with Crippen LogP contribution in [0.15, 0.2) is 4.52 Å². The molecule has 70 valence electrons. The molecule has 0 atom stereocenters. The van der Waals surface area contributed by atoms with E-state index in [1.807, 2.05) is 0 Å². The lowest BCUT2D eigenvalue weighted by atomic mass is 10.2. The maximum absolute atomic E-state index is 11.2. The topological polar surface area (TPSA) is 69.4 Å². The molecule has 0 saturated carbocycles. The first-order valence-electron chi connectivity index (χ1n) is 3.79. The van der Waals surface area contributed by atoms with Crippen LogP contribution in [0.1, 0.15) is 33.5 Å². The van der Waals surface area contributed by atoms with Gasteiger partial charge in [-0.25, -0.2) is 4.79 Å². The first-order chi connectivity index (χ1) is 6.20. The van der Waals surface area contributed by atoms with Crippen molar-refractivity contribution in [3.63, 3.8) is 0 Å². The summed E-state index contributed by atoms with van der Waals surface area (Å²) in [6.45, 7) is 3.48. The van der Waals surface area contributed by atoms with E-state index in [0.717, 1.165) is 0 Å². The number of carbonyl (C=O) groups excluding carboxylic acids is 2. The Labute approximate surface area is 74.7 Å². The number of aldehydes is 1. The summed E-state index contributed by atoms with van der Waals surface area (Å²) >= 11 is 0. The molecule has 1 heterocycles. The van der Waals surface area contributed by atoms with Gasteiger partial charge in [-0.3, -0.25) is 4.79 Å². The van der Waals surface area contributed by atoms with E-state index in [4.69, 9.17) is 4.74 Å². The number of aromatic nitrogens is 1. The van der Waals surface area contributed by atoms with Crippen molar-refractivity contribution < 1.29 is 18.8 Å². The zero-order valence-electron chi connectivity index (χ0n) is 7.36. The van der Waals surface area contributed by atoms with Crippen molar-refractivity contribution in [1.82, 2.24) is 5.16 Å². The van der Waals surface area contributed by atoms with Gasteiger partial charge in [0, 0.05) is 0 Å². The maximum atomic E-state index is 11.2. The summed E-state index contributed by atoms with van der Waals surface area (Å²) in [6, 6.07) is 0. The van der Waals surface area contributed by atoms with E-state index >= 15 is 0 Å². The summed E-state index contributed by atoms with van der Waals surface area (Å²) in [5.41, 5.74) is 0.0906. The molecule has 0 amide bonds. The molecule has 0 aliphatic rings. The fourth-order valence-corrected chi connectivity index (χ4v) is 0.921. The highest BCUT2D eigenvalue weighted by molar-refractivity contribution is 5.97. The summed E-state index contributed by atoms with van der Waals surface area (Å²) in [5, 5.41) is 3.39. The Morgan fingerprint density at radius 1 is 1.69 bits per heavy atom. The highest BCUT2D eigenvalue weighted by atomic mass is 16.5. The quantitative estimate of drug-likeness (QED) is 0.515. The van der Waals surface area contributed by atoms with Crippen LogP contribution in [0.3, 0.4) is 0 Å². The standard InChI is InChI=1S/C8H9NO4/c1-3-12-8(11)7-5(2)13-9-6(7)4-10/h4H,3H2,1-2H3. The van der Waals surface area contributed by atoms with E-state index in [1.54, 1.807) is 13.8 Å². The fraction of sp³-hybridized carbons (Fsp3) is 0.375. The molecule has 5 heteroatoms. The van der Waals surface area contributed by atoms with E-state index in [1.165, 1.54) is 0 Å². The van der Waals surface area contributed by atoms with Gasteiger partial charge in [0.2, 0.25) is 0 Å². The van der Waals surface area contributed by atoms with Crippen molar-refractivity contribution in [2.75, 3.05) is 6.61 Å². The smallest absolute Gasteiger partial charge is 0.344 e. The third-order valence-electron chi connectivity index (χ3n) is 1.48. The van der Waals surface area contributed by atoms with Crippen LogP contribution >= 0.6 is 0 Å². The van der Waals surface area contributed by atoms with Crippen molar-refractivity contribution in [2.45, 2.75) is 13.8 Å². The second-order valence-corrected chi connectivity index (χ2v) is 2.34. The molecule has 0 bridgehead atoms. The molecule has 0 aliphatic heterocycles. The monoisotopic (exact) mass is 183 g/mol. The number of carbonyl (C=O) groups is 2. The van der Waals surface area contributed by atoms with Gasteiger partial charge in [0.25, 0.3) is 0 Å². The summed E-state index contributed by atoms with van der Waals surface area (Å²) in [4.78, 5) is 21.6. The van der Waals surface area contributed by atoms with Crippen LogP contribution in [0.5, 0.6) is 0 Å². The Bertz CT molecular complexity index is 329. The molecule has 0 saturated heterocycles. The molecule has 1 aromatic rings. The Morgan fingerprint density at radius 3 is 2.92 bits per heavy atom. The first-order valence-corrected chi connectivity index (χ1v) is 3.79. The minimum absolute atomic E-state index is 0.0176. The lowest BCUT2D eigenvalue weighted by Crippen LogP contribution is -2.07. The minimum Gasteiger partial charge on any atom is -0.462 e. The van der Waals surface area contributed by atoms with E-state index in [2.05, 4.69) is 9.68 Å². The van der Waals surface area contributed by atoms with E-state index < -0.39 is 5.97 Å². The van der Waals surface area contributed by atoms with E-state index in [9.17, 15) is 9.59 Å². The predicted octanol–water partition coefficient (Wildman–Crippen LogP) is 0.972. The third kappa shape index (κ3) is 1.74. The number of esters is 1. The molecule has 0 radical (unpaired) electrons. The van der Waals surface area contributed by atoms with Crippen LogP contribution in [0, 0.1) is 6.92 Å². The van der Waals surface area contributed by atoms with E-state index in [-0.39, 0.29) is 17.9 Å². The number of nitrogens with zero attached hydrogens (tertiary/aromatic N) is 1. The zero-order chi connectivity index (χ0) is 9.84. The van der Waals surface area contributed by atoms with Gasteiger partial charge in [-0.1, -0.05) is 5.16 Å². The molecule has 1 rings (SSSR count). The molecule has 0 N–H and O–H groups in total. The average Bonchev–Trinajstić information content (AvgIpc) is 2.47. The summed E-state index contributed by atoms with van der Waals surface area (Å²) < 4.78 is 9.38. The molecule has 0 fully saturated rings. The second kappa shape index (κ2) is 3.84. The highest BCUT2D eigenvalue weighted by Crippen LogP contribution is 2.12. The van der Waals surface area contributed by atoms with Crippen molar-refractivity contribution >= 4 is 12.3 Å². The van der Waals surface area contributed by atoms with Gasteiger partial charge in [-0.05, 0) is 13.8 Å². The molecule has 0 aromatic carbocycles. The van der Waals surface area contributed by atoms with E-state index in [0.29, 0.717) is 12.0 Å². The SMILES string of the molecule is CCOC(=O)c1c(C=O)noc1C. The number of hydrogen-bond acceptors (Lipinski definition) is 5. The number of hydrogen-bond donors (Lipinski definition) is 0. The van der Waals surface area contributed by atoms with Crippen LogP contribution in [-0.4, -0.2) is 24.0 Å². The molecule has 0 aliphatic carbocycles. The molecule has 5 nitrogen and oxygen atoms in total. The van der Waals surface area contributed by atoms with Crippen LogP contribution in [0.2, 0.25) is 0 Å². The molecule has 0 unspecified atom stereocenters. The molecule has 0 spiro atoms. The van der Waals surface area contributed by atoms with Crippen LogP contribution in [0.4, 0.5) is 0 Å². The molecular weight excluding hydrogens is 174 g/mol. The zero-order valence-corrected chi connectivity index (χ0v) is 7.36. The van der Waals surface area contributed by atoms with Crippen molar-refractivity contribution in [1.29, 1.82) is 0 Å². The van der Waals surface area contributed by atoms with Gasteiger partial charge in [0.1, 0.15) is 11.3 Å². The van der Waals surface area contributed by atoms with Gasteiger partial charge in [-0.2, -0.15) is 0 Å². The summed E-state index contributed by atoms with van der Waals surface area (Å²) in [7, 11) is 0. The van der Waals surface area contributed by atoms with Gasteiger partial charge < -0.3 is 9.26 Å². The molecule has 1 aromatic heterocycles.